The molecule has 0 amide bonds. The molecule has 0 saturated carbocycles. The molecule has 0 fully saturated rings. The molecule has 4 aromatic carbocycles. The molecule has 0 bridgehead atoms. The van der Waals surface area contributed by atoms with E-state index in [0.29, 0.717) is 21.4 Å². The van der Waals surface area contributed by atoms with Crippen LogP contribution in [-0.4, -0.2) is 32.1 Å². The Hall–Kier alpha value is -5.70. The first-order chi connectivity index (χ1) is 23.2. The number of aromatic nitrogens is 2. The fourth-order valence-corrected chi connectivity index (χ4v) is 4.77. The quantitative estimate of drug-likeness (QED) is 0.131. The minimum atomic E-state index is -0.960. The summed E-state index contributed by atoms with van der Waals surface area (Å²) in [6.07, 6.45) is 7.15. The lowest BCUT2D eigenvalue weighted by Crippen LogP contribution is -2.03. The van der Waals surface area contributed by atoms with E-state index in [-0.39, 0.29) is 11.1 Å². The molecular formula is C38H32Cl2N4O4. The van der Waals surface area contributed by atoms with Crippen molar-refractivity contribution in [2.75, 3.05) is 10.6 Å². The van der Waals surface area contributed by atoms with Gasteiger partial charge in [0, 0.05) is 46.2 Å². The lowest BCUT2D eigenvalue weighted by atomic mass is 10.1. The van der Waals surface area contributed by atoms with Gasteiger partial charge in [-0.15, -0.1) is 0 Å². The van der Waals surface area contributed by atoms with E-state index < -0.39 is 11.9 Å². The zero-order valence-electron chi connectivity index (χ0n) is 26.1. The van der Waals surface area contributed by atoms with Gasteiger partial charge in [-0.3, -0.25) is 9.97 Å². The van der Waals surface area contributed by atoms with Gasteiger partial charge in [-0.05, 0) is 109 Å². The van der Waals surface area contributed by atoms with Gasteiger partial charge in [0.25, 0.3) is 0 Å². The monoisotopic (exact) mass is 678 g/mol. The van der Waals surface area contributed by atoms with Crippen molar-refractivity contribution in [3.8, 4) is 11.1 Å². The second kappa shape index (κ2) is 17.3. The smallest absolute Gasteiger partial charge is 0.337 e. The van der Waals surface area contributed by atoms with Crippen LogP contribution in [0.1, 0.15) is 31.8 Å². The van der Waals surface area contributed by atoms with E-state index in [0.717, 1.165) is 22.5 Å². The highest BCUT2D eigenvalue weighted by Crippen LogP contribution is 2.29. The number of para-hydroxylation sites is 2. The number of rotatable bonds is 7. The summed E-state index contributed by atoms with van der Waals surface area (Å²) in [7, 11) is 0. The largest absolute Gasteiger partial charge is 0.478 e. The first-order valence-corrected chi connectivity index (χ1v) is 15.4. The zero-order valence-corrected chi connectivity index (χ0v) is 27.6. The maximum atomic E-state index is 11.1. The normalized spacial score (nSPS) is 10.0. The minimum absolute atomic E-state index is 0.233. The summed E-state index contributed by atoms with van der Waals surface area (Å²) in [5, 5.41) is 25.7. The number of hydrogen-bond acceptors (Lipinski definition) is 6. The Labute approximate surface area is 288 Å². The van der Waals surface area contributed by atoms with Crippen LogP contribution in [0.2, 0.25) is 10.0 Å². The van der Waals surface area contributed by atoms with Crippen molar-refractivity contribution in [3.63, 3.8) is 0 Å². The van der Waals surface area contributed by atoms with Crippen molar-refractivity contribution in [2.45, 2.75) is 13.8 Å². The average Bonchev–Trinajstić information content (AvgIpc) is 3.10. The Morgan fingerprint density at radius 2 is 0.833 bits per heavy atom. The molecular weight excluding hydrogens is 647 g/mol. The first-order valence-electron chi connectivity index (χ1n) is 14.6. The maximum Gasteiger partial charge on any atom is 0.337 e. The number of benzene rings is 4. The molecule has 6 rings (SSSR count). The van der Waals surface area contributed by atoms with Crippen molar-refractivity contribution < 1.29 is 19.8 Å². The molecule has 0 spiro atoms. The van der Waals surface area contributed by atoms with Crippen molar-refractivity contribution in [1.82, 2.24) is 9.97 Å². The summed E-state index contributed by atoms with van der Waals surface area (Å²) in [5.41, 5.74) is 7.30. The van der Waals surface area contributed by atoms with Gasteiger partial charge in [-0.25, -0.2) is 9.59 Å². The molecule has 10 heteroatoms. The number of carboxylic acid groups (broad SMARTS) is 2. The molecule has 0 aliphatic carbocycles. The number of nitrogens with one attached hydrogen (secondary N) is 2. The predicted octanol–water partition coefficient (Wildman–Crippen LogP) is 10.3. The van der Waals surface area contributed by atoms with E-state index in [1.165, 1.54) is 11.1 Å². The first kappa shape index (κ1) is 35.2. The third-order valence-corrected chi connectivity index (χ3v) is 7.90. The molecule has 4 N–H and O–H groups in total. The Kier molecular flexibility index (Phi) is 12.7. The number of aromatic carboxylic acids is 2. The highest BCUT2D eigenvalue weighted by atomic mass is 35.5. The standard InChI is InChI=1S/2C14H12ClNO2.C10H8N2/c2*1-9-11(15)6-4-8-12(9)16-13-7-3-2-5-10(13)14(17)18;1-5-11-6-2-9(1)10-3-7-12-8-4-10/h2*2-8,16H,1H3,(H,17,18);1-8H. The second-order valence-corrected chi connectivity index (χ2v) is 11.1. The van der Waals surface area contributed by atoms with E-state index in [2.05, 4.69) is 20.6 Å². The molecule has 0 atom stereocenters. The van der Waals surface area contributed by atoms with Crippen LogP contribution in [-0.2, 0) is 0 Å². The van der Waals surface area contributed by atoms with Crippen molar-refractivity contribution >= 4 is 57.9 Å². The third-order valence-electron chi connectivity index (χ3n) is 7.08. The summed E-state index contributed by atoms with van der Waals surface area (Å²) in [6.45, 7) is 3.77. The molecule has 0 saturated heterocycles. The summed E-state index contributed by atoms with van der Waals surface area (Å²) in [6, 6.07) is 32.4. The van der Waals surface area contributed by atoms with E-state index in [1.807, 2.05) is 62.4 Å². The molecule has 8 nitrogen and oxygen atoms in total. The van der Waals surface area contributed by atoms with Gasteiger partial charge in [-0.2, -0.15) is 0 Å². The van der Waals surface area contributed by atoms with Crippen LogP contribution in [0, 0.1) is 13.8 Å². The van der Waals surface area contributed by atoms with Gasteiger partial charge in [0.2, 0.25) is 0 Å². The Morgan fingerprint density at radius 1 is 0.500 bits per heavy atom. The molecule has 242 valence electrons. The van der Waals surface area contributed by atoms with E-state index in [4.69, 9.17) is 33.4 Å². The molecule has 0 radical (unpaired) electrons. The predicted molar refractivity (Wildman–Crippen MR) is 193 cm³/mol. The van der Waals surface area contributed by atoms with Gasteiger partial charge in [-0.1, -0.05) is 59.6 Å². The van der Waals surface area contributed by atoms with E-state index in [1.54, 1.807) is 85.5 Å². The Bertz CT molecular complexity index is 1850. The highest BCUT2D eigenvalue weighted by molar-refractivity contribution is 6.32. The third kappa shape index (κ3) is 9.65. The number of pyridine rings is 2. The van der Waals surface area contributed by atoms with Crippen LogP contribution in [0.25, 0.3) is 11.1 Å². The molecule has 2 heterocycles. The van der Waals surface area contributed by atoms with Crippen LogP contribution >= 0.6 is 23.2 Å². The highest BCUT2D eigenvalue weighted by Gasteiger charge is 2.11. The molecule has 6 aromatic rings. The van der Waals surface area contributed by atoms with E-state index >= 15 is 0 Å². The van der Waals surface area contributed by atoms with Crippen LogP contribution in [0.3, 0.4) is 0 Å². The topological polar surface area (TPSA) is 124 Å². The lowest BCUT2D eigenvalue weighted by Gasteiger charge is -2.12. The Morgan fingerprint density at radius 3 is 1.19 bits per heavy atom. The zero-order chi connectivity index (χ0) is 34.5. The van der Waals surface area contributed by atoms with E-state index in [9.17, 15) is 9.59 Å². The fourth-order valence-electron chi connectivity index (χ4n) is 4.42. The molecule has 0 aliphatic heterocycles. The number of nitrogens with zero attached hydrogens (tertiary/aromatic N) is 2. The SMILES string of the molecule is Cc1c(Cl)cccc1Nc1ccccc1C(=O)O.Cc1c(Cl)cccc1Nc1ccccc1C(=O)O.c1cc(-c2ccncc2)ccn1. The fraction of sp³-hybridized carbons (Fsp3) is 0.0526. The number of hydrogen-bond donors (Lipinski definition) is 4. The Balaban J connectivity index is 0.000000166. The van der Waals surface area contributed by atoms with Gasteiger partial charge < -0.3 is 20.8 Å². The van der Waals surface area contributed by atoms with Crippen LogP contribution < -0.4 is 10.6 Å². The molecule has 0 unspecified atom stereocenters. The van der Waals surface area contributed by atoms with Gasteiger partial charge in [0.1, 0.15) is 0 Å². The van der Waals surface area contributed by atoms with Crippen LogP contribution in [0.4, 0.5) is 22.7 Å². The van der Waals surface area contributed by atoms with Gasteiger partial charge in [0.15, 0.2) is 0 Å². The van der Waals surface area contributed by atoms with Crippen molar-refractivity contribution in [1.29, 1.82) is 0 Å². The molecule has 2 aromatic heterocycles. The van der Waals surface area contributed by atoms with Gasteiger partial charge >= 0.3 is 11.9 Å². The van der Waals surface area contributed by atoms with Gasteiger partial charge in [0.05, 0.1) is 22.5 Å². The summed E-state index contributed by atoms with van der Waals surface area (Å²) in [5.74, 6) is -1.92. The minimum Gasteiger partial charge on any atom is -0.478 e. The summed E-state index contributed by atoms with van der Waals surface area (Å²) < 4.78 is 0. The van der Waals surface area contributed by atoms with Crippen molar-refractivity contribution in [3.05, 3.63) is 166 Å². The van der Waals surface area contributed by atoms with Crippen LogP contribution in [0.15, 0.2) is 134 Å². The van der Waals surface area contributed by atoms with Crippen molar-refractivity contribution in [2.24, 2.45) is 0 Å². The molecule has 48 heavy (non-hydrogen) atoms. The maximum absolute atomic E-state index is 11.1. The number of halogens is 2. The number of anilines is 4. The van der Waals surface area contributed by atoms with Crippen LogP contribution in [0.5, 0.6) is 0 Å². The number of carbonyl (C=O) groups is 2. The average molecular weight is 680 g/mol. The lowest BCUT2D eigenvalue weighted by molar-refractivity contribution is 0.0687. The second-order valence-electron chi connectivity index (χ2n) is 10.2. The summed E-state index contributed by atoms with van der Waals surface area (Å²) in [4.78, 5) is 30.1. The summed E-state index contributed by atoms with van der Waals surface area (Å²) >= 11 is 12.1. The molecule has 0 aliphatic rings. The number of carboxylic acids is 2.